The van der Waals surface area contributed by atoms with Crippen LogP contribution >= 0.6 is 15.9 Å². The van der Waals surface area contributed by atoms with Crippen molar-refractivity contribution in [1.82, 2.24) is 0 Å². The van der Waals surface area contributed by atoms with Crippen LogP contribution in [0.15, 0.2) is 22.7 Å². The lowest BCUT2D eigenvalue weighted by Crippen LogP contribution is -2.15. The molecule has 0 bridgehead atoms. The molecule has 1 aromatic carbocycles. The van der Waals surface area contributed by atoms with Crippen LogP contribution in [0.5, 0.6) is 0 Å². The van der Waals surface area contributed by atoms with E-state index >= 15 is 0 Å². The average Bonchev–Trinajstić information content (AvgIpc) is 2.15. The first kappa shape index (κ1) is 13.0. The molecule has 0 N–H and O–H groups in total. The highest BCUT2D eigenvalue weighted by Crippen LogP contribution is 2.19. The highest BCUT2D eigenvalue weighted by Gasteiger charge is 2.19. The van der Waals surface area contributed by atoms with Gasteiger partial charge >= 0.3 is 0 Å². The summed E-state index contributed by atoms with van der Waals surface area (Å²) < 4.78 is 14.0. The predicted molar refractivity (Wildman–Crippen MR) is 62.9 cm³/mol. The van der Waals surface area contributed by atoms with Gasteiger partial charge < -0.3 is 4.79 Å². The molecule has 0 aliphatic rings. The van der Waals surface area contributed by atoms with E-state index in [1.165, 1.54) is 19.1 Å². The van der Waals surface area contributed by atoms with Crippen molar-refractivity contribution in [2.75, 3.05) is 0 Å². The number of Topliss-reactive ketones (excluding diaryl/α,β-unsaturated/α-hetero) is 2. The van der Waals surface area contributed by atoms with E-state index < -0.39 is 11.7 Å². The predicted octanol–water partition coefficient (Wildman–Crippen LogP) is 3.39. The summed E-state index contributed by atoms with van der Waals surface area (Å²) in [6, 6.07) is 4.28. The average molecular weight is 287 g/mol. The van der Waals surface area contributed by atoms with Gasteiger partial charge in [0.25, 0.3) is 0 Å². The van der Waals surface area contributed by atoms with Crippen LogP contribution in [-0.4, -0.2) is 11.6 Å². The highest BCUT2D eigenvalue weighted by atomic mass is 79.9. The van der Waals surface area contributed by atoms with E-state index in [1.807, 2.05) is 0 Å². The Balaban J connectivity index is 2.92. The van der Waals surface area contributed by atoms with Crippen molar-refractivity contribution in [2.45, 2.75) is 20.3 Å². The zero-order chi connectivity index (χ0) is 12.3. The molecule has 16 heavy (non-hydrogen) atoms. The van der Waals surface area contributed by atoms with Crippen molar-refractivity contribution in [3.05, 3.63) is 34.1 Å². The molecule has 0 saturated carbocycles. The summed E-state index contributed by atoms with van der Waals surface area (Å²) in [5, 5.41) is 0. The summed E-state index contributed by atoms with van der Waals surface area (Å²) in [5.74, 6) is -1.44. The Bertz CT molecular complexity index is 429. The molecule has 4 heteroatoms. The second-order valence-corrected chi connectivity index (χ2v) is 4.71. The summed E-state index contributed by atoms with van der Waals surface area (Å²) in [6.45, 7) is 3.05. The first-order valence-corrected chi connectivity index (χ1v) is 5.70. The fourth-order valence-corrected chi connectivity index (χ4v) is 1.81. The third-order valence-corrected chi connectivity index (χ3v) is 2.73. The molecular weight excluding hydrogens is 275 g/mol. The van der Waals surface area contributed by atoms with Crippen LogP contribution in [-0.2, 0) is 4.79 Å². The minimum Gasteiger partial charge on any atom is -0.300 e. The molecule has 0 fully saturated rings. The van der Waals surface area contributed by atoms with Crippen LogP contribution in [0.3, 0.4) is 0 Å². The quantitative estimate of drug-likeness (QED) is 0.795. The Morgan fingerprint density at radius 1 is 1.44 bits per heavy atom. The van der Waals surface area contributed by atoms with Crippen molar-refractivity contribution < 1.29 is 14.0 Å². The van der Waals surface area contributed by atoms with Gasteiger partial charge in [0, 0.05) is 16.8 Å². The molecule has 1 rings (SSSR count). The van der Waals surface area contributed by atoms with E-state index in [0.717, 1.165) is 0 Å². The number of carbonyl (C=O) groups excluding carboxylic acids is 2. The van der Waals surface area contributed by atoms with Crippen LogP contribution in [0.25, 0.3) is 0 Å². The van der Waals surface area contributed by atoms with Crippen molar-refractivity contribution in [3.8, 4) is 0 Å². The third kappa shape index (κ3) is 3.23. The molecule has 0 saturated heterocycles. The maximum atomic E-state index is 13.5. The Hall–Kier alpha value is -1.03. The first-order chi connectivity index (χ1) is 7.41. The van der Waals surface area contributed by atoms with E-state index in [9.17, 15) is 14.0 Å². The molecule has 0 aromatic heterocycles. The van der Waals surface area contributed by atoms with Crippen molar-refractivity contribution in [1.29, 1.82) is 0 Å². The number of rotatable bonds is 4. The summed E-state index contributed by atoms with van der Waals surface area (Å²) in [6.07, 6.45) is 0.147. The lowest BCUT2D eigenvalue weighted by molar-refractivity contribution is -0.117. The zero-order valence-corrected chi connectivity index (χ0v) is 10.7. The number of benzene rings is 1. The molecule has 1 unspecified atom stereocenters. The van der Waals surface area contributed by atoms with Crippen molar-refractivity contribution >= 4 is 27.5 Å². The van der Waals surface area contributed by atoms with Gasteiger partial charge in [0.15, 0.2) is 5.78 Å². The van der Waals surface area contributed by atoms with E-state index in [-0.39, 0.29) is 23.6 Å². The van der Waals surface area contributed by atoms with E-state index in [4.69, 9.17) is 0 Å². The van der Waals surface area contributed by atoms with Gasteiger partial charge in [-0.3, -0.25) is 4.79 Å². The minimum absolute atomic E-state index is 0.0388. The summed E-state index contributed by atoms with van der Waals surface area (Å²) in [4.78, 5) is 22.7. The molecule has 86 valence electrons. The summed E-state index contributed by atoms with van der Waals surface area (Å²) >= 11 is 3.12. The molecule has 0 aliphatic heterocycles. The second-order valence-electron chi connectivity index (χ2n) is 3.80. The Morgan fingerprint density at radius 2 is 2.06 bits per heavy atom. The summed E-state index contributed by atoms with van der Waals surface area (Å²) in [5.41, 5.74) is 0.0388. The molecule has 2 nitrogen and oxygen atoms in total. The monoisotopic (exact) mass is 286 g/mol. The Kier molecular flexibility index (Phi) is 4.35. The first-order valence-electron chi connectivity index (χ1n) is 4.90. The van der Waals surface area contributed by atoms with Crippen LogP contribution in [0.1, 0.15) is 30.6 Å². The van der Waals surface area contributed by atoms with E-state index in [1.54, 1.807) is 13.0 Å². The van der Waals surface area contributed by atoms with Crippen LogP contribution in [0.2, 0.25) is 0 Å². The van der Waals surface area contributed by atoms with Gasteiger partial charge in [-0.25, -0.2) is 4.39 Å². The lowest BCUT2D eigenvalue weighted by atomic mass is 9.95. The normalized spacial score (nSPS) is 12.2. The molecule has 0 heterocycles. The Morgan fingerprint density at radius 3 is 2.56 bits per heavy atom. The Labute approximate surface area is 102 Å². The van der Waals surface area contributed by atoms with Gasteiger partial charge in [0.2, 0.25) is 0 Å². The van der Waals surface area contributed by atoms with Gasteiger partial charge in [0.05, 0.1) is 5.56 Å². The van der Waals surface area contributed by atoms with Gasteiger partial charge in [-0.05, 0) is 25.1 Å². The maximum Gasteiger partial charge on any atom is 0.169 e. The number of hydrogen-bond acceptors (Lipinski definition) is 2. The molecule has 1 atom stereocenters. The molecule has 0 radical (unpaired) electrons. The number of hydrogen-bond donors (Lipinski definition) is 0. The van der Waals surface area contributed by atoms with Gasteiger partial charge in [0.1, 0.15) is 11.6 Å². The fourth-order valence-electron chi connectivity index (χ4n) is 1.48. The van der Waals surface area contributed by atoms with Crippen LogP contribution < -0.4 is 0 Å². The number of ketones is 2. The molecule has 1 aromatic rings. The number of carbonyl (C=O) groups is 2. The smallest absolute Gasteiger partial charge is 0.169 e. The van der Waals surface area contributed by atoms with Gasteiger partial charge in [-0.15, -0.1) is 0 Å². The topological polar surface area (TPSA) is 34.1 Å². The summed E-state index contributed by atoms with van der Waals surface area (Å²) in [7, 11) is 0. The van der Waals surface area contributed by atoms with Crippen LogP contribution in [0, 0.1) is 11.7 Å². The zero-order valence-electron chi connectivity index (χ0n) is 9.09. The standard InChI is InChI=1S/C12H12BrFO2/c1-7(5-8(2)15)12(16)10-4-3-9(13)6-11(10)14/h3-4,6-7H,5H2,1-2H3. The molecular formula is C12H12BrFO2. The maximum absolute atomic E-state index is 13.5. The fraction of sp³-hybridized carbons (Fsp3) is 0.333. The number of halogens is 2. The van der Waals surface area contributed by atoms with E-state index in [0.29, 0.717) is 4.47 Å². The lowest BCUT2D eigenvalue weighted by Gasteiger charge is -2.09. The SMILES string of the molecule is CC(=O)CC(C)C(=O)c1ccc(Br)cc1F. The van der Waals surface area contributed by atoms with Crippen molar-refractivity contribution in [3.63, 3.8) is 0 Å². The van der Waals surface area contributed by atoms with Crippen molar-refractivity contribution in [2.24, 2.45) is 5.92 Å². The molecule has 0 amide bonds. The van der Waals surface area contributed by atoms with Gasteiger partial charge in [-0.2, -0.15) is 0 Å². The molecule has 0 aliphatic carbocycles. The second kappa shape index (κ2) is 5.34. The van der Waals surface area contributed by atoms with E-state index in [2.05, 4.69) is 15.9 Å². The highest BCUT2D eigenvalue weighted by molar-refractivity contribution is 9.10. The van der Waals surface area contributed by atoms with Crippen LogP contribution in [0.4, 0.5) is 4.39 Å². The minimum atomic E-state index is -0.560. The molecule has 0 spiro atoms. The van der Waals surface area contributed by atoms with Gasteiger partial charge in [-0.1, -0.05) is 22.9 Å². The largest absolute Gasteiger partial charge is 0.300 e. The third-order valence-electron chi connectivity index (χ3n) is 2.24.